The number of rotatable bonds is 6. The molecule has 0 heterocycles. The van der Waals surface area contributed by atoms with Crippen LogP contribution >= 0.6 is 0 Å². The maximum atomic E-state index is 12.2. The van der Waals surface area contributed by atoms with Crippen molar-refractivity contribution < 1.29 is 14.3 Å². The molecule has 0 saturated heterocycles. The first-order valence-corrected chi connectivity index (χ1v) is 7.20. The lowest BCUT2D eigenvalue weighted by molar-refractivity contribution is 0.102. The fraction of sp³-hybridized carbons (Fsp3) is 0.235. The van der Waals surface area contributed by atoms with Crippen LogP contribution in [-0.4, -0.2) is 19.1 Å². The maximum Gasteiger partial charge on any atom is 0.255 e. The van der Waals surface area contributed by atoms with Gasteiger partial charge in [0.15, 0.2) is 11.5 Å². The van der Waals surface area contributed by atoms with Gasteiger partial charge in [0.25, 0.3) is 5.91 Å². The minimum Gasteiger partial charge on any atom is -0.490 e. The molecule has 0 atom stereocenters. The number of hydrogen-bond donors (Lipinski definition) is 2. The van der Waals surface area contributed by atoms with Crippen LogP contribution in [0.5, 0.6) is 11.5 Å². The van der Waals surface area contributed by atoms with E-state index >= 15 is 0 Å². The van der Waals surface area contributed by atoms with E-state index in [-0.39, 0.29) is 5.91 Å². The van der Waals surface area contributed by atoms with E-state index in [0.717, 1.165) is 0 Å². The second-order valence-electron chi connectivity index (χ2n) is 4.61. The highest BCUT2D eigenvalue weighted by molar-refractivity contribution is 6.04. The molecule has 2 aromatic carbocycles. The zero-order valence-electron chi connectivity index (χ0n) is 12.8. The van der Waals surface area contributed by atoms with Crippen molar-refractivity contribution in [3.8, 4) is 11.5 Å². The van der Waals surface area contributed by atoms with Crippen LogP contribution in [0, 0.1) is 0 Å². The van der Waals surface area contributed by atoms with Crippen LogP contribution in [0.25, 0.3) is 0 Å². The molecule has 22 heavy (non-hydrogen) atoms. The fourth-order valence-corrected chi connectivity index (χ4v) is 2.01. The Hall–Kier alpha value is -2.69. The van der Waals surface area contributed by atoms with Crippen molar-refractivity contribution in [2.75, 3.05) is 24.3 Å². The highest BCUT2D eigenvalue weighted by Crippen LogP contribution is 2.30. The third-order valence-electron chi connectivity index (χ3n) is 2.95. The zero-order valence-corrected chi connectivity index (χ0v) is 12.8. The van der Waals surface area contributed by atoms with E-state index in [4.69, 9.17) is 15.2 Å². The number of anilines is 2. The molecule has 0 aromatic heterocycles. The summed E-state index contributed by atoms with van der Waals surface area (Å²) in [5.41, 5.74) is 7.39. The van der Waals surface area contributed by atoms with Crippen LogP contribution < -0.4 is 20.5 Å². The molecule has 5 nitrogen and oxygen atoms in total. The number of carbonyl (C=O) groups excluding carboxylic acids is 1. The van der Waals surface area contributed by atoms with Gasteiger partial charge in [0.2, 0.25) is 0 Å². The van der Waals surface area contributed by atoms with Crippen LogP contribution in [0.1, 0.15) is 24.2 Å². The largest absolute Gasteiger partial charge is 0.490 e. The lowest BCUT2D eigenvalue weighted by atomic mass is 10.2. The summed E-state index contributed by atoms with van der Waals surface area (Å²) in [4.78, 5) is 12.2. The molecule has 0 unspecified atom stereocenters. The Morgan fingerprint density at radius 1 is 1.05 bits per heavy atom. The average molecular weight is 300 g/mol. The van der Waals surface area contributed by atoms with Crippen molar-refractivity contribution in [2.45, 2.75) is 13.8 Å². The Balaban J connectivity index is 2.18. The van der Waals surface area contributed by atoms with Crippen molar-refractivity contribution in [1.82, 2.24) is 0 Å². The number of nitrogens with one attached hydrogen (secondary N) is 1. The number of nitrogens with two attached hydrogens (primary N) is 1. The van der Waals surface area contributed by atoms with Crippen molar-refractivity contribution in [1.29, 1.82) is 0 Å². The molecule has 2 rings (SSSR count). The van der Waals surface area contributed by atoms with E-state index < -0.39 is 0 Å². The number of ether oxygens (including phenoxy) is 2. The van der Waals surface area contributed by atoms with Gasteiger partial charge in [-0.1, -0.05) is 6.07 Å². The number of carbonyl (C=O) groups is 1. The predicted molar refractivity (Wildman–Crippen MR) is 87.6 cm³/mol. The van der Waals surface area contributed by atoms with Crippen molar-refractivity contribution in [2.24, 2.45) is 0 Å². The third kappa shape index (κ3) is 3.91. The van der Waals surface area contributed by atoms with Gasteiger partial charge in [-0.15, -0.1) is 0 Å². The normalized spacial score (nSPS) is 10.1. The van der Waals surface area contributed by atoms with E-state index in [1.165, 1.54) is 0 Å². The molecule has 116 valence electrons. The standard InChI is InChI=1S/C17H20N2O3/c1-3-21-15-9-8-14(11-16(15)22-4-2)19-17(20)12-6-5-7-13(18)10-12/h5-11H,3-4,18H2,1-2H3,(H,19,20). The Morgan fingerprint density at radius 3 is 2.45 bits per heavy atom. The third-order valence-corrected chi connectivity index (χ3v) is 2.95. The van der Waals surface area contributed by atoms with Gasteiger partial charge < -0.3 is 20.5 Å². The molecule has 5 heteroatoms. The molecule has 0 aliphatic rings. The van der Waals surface area contributed by atoms with Crippen molar-refractivity contribution in [3.63, 3.8) is 0 Å². The van der Waals surface area contributed by atoms with Crippen molar-refractivity contribution >= 4 is 17.3 Å². The first kappa shape index (κ1) is 15.7. The Labute approximate surface area is 130 Å². The van der Waals surface area contributed by atoms with Crippen LogP contribution in [0.3, 0.4) is 0 Å². The monoisotopic (exact) mass is 300 g/mol. The smallest absolute Gasteiger partial charge is 0.255 e. The molecule has 0 spiro atoms. The van der Waals surface area contributed by atoms with E-state index in [1.807, 2.05) is 13.8 Å². The summed E-state index contributed by atoms with van der Waals surface area (Å²) in [7, 11) is 0. The SMILES string of the molecule is CCOc1ccc(NC(=O)c2cccc(N)c2)cc1OCC. The topological polar surface area (TPSA) is 73.6 Å². The van der Waals surface area contributed by atoms with Gasteiger partial charge in [0, 0.05) is 23.0 Å². The van der Waals surface area contributed by atoms with Gasteiger partial charge in [0.05, 0.1) is 13.2 Å². The summed E-state index contributed by atoms with van der Waals surface area (Å²) in [5.74, 6) is 1.04. The molecular formula is C17H20N2O3. The average Bonchev–Trinajstić information content (AvgIpc) is 2.50. The number of benzene rings is 2. The Kier molecular flexibility index (Phi) is 5.25. The summed E-state index contributed by atoms with van der Waals surface area (Å²) in [6.45, 7) is 4.88. The molecule has 1 amide bonds. The molecule has 0 saturated carbocycles. The second-order valence-corrected chi connectivity index (χ2v) is 4.61. The lowest BCUT2D eigenvalue weighted by Gasteiger charge is -2.13. The molecule has 0 aliphatic carbocycles. The van der Waals surface area contributed by atoms with E-state index in [2.05, 4.69) is 5.32 Å². The second kappa shape index (κ2) is 7.36. The van der Waals surface area contributed by atoms with E-state index in [0.29, 0.717) is 41.7 Å². The summed E-state index contributed by atoms with van der Waals surface area (Å²) in [5, 5.41) is 2.82. The van der Waals surface area contributed by atoms with E-state index in [1.54, 1.807) is 42.5 Å². The van der Waals surface area contributed by atoms with E-state index in [9.17, 15) is 4.79 Å². The highest BCUT2D eigenvalue weighted by atomic mass is 16.5. The minimum atomic E-state index is -0.223. The summed E-state index contributed by atoms with van der Waals surface area (Å²) in [6.07, 6.45) is 0. The van der Waals surface area contributed by atoms with Gasteiger partial charge >= 0.3 is 0 Å². The highest BCUT2D eigenvalue weighted by Gasteiger charge is 2.10. The summed E-state index contributed by atoms with van der Waals surface area (Å²) in [6, 6.07) is 12.1. The van der Waals surface area contributed by atoms with Crippen LogP contribution in [-0.2, 0) is 0 Å². The molecular weight excluding hydrogens is 280 g/mol. The van der Waals surface area contributed by atoms with Gasteiger partial charge in [0.1, 0.15) is 0 Å². The molecule has 3 N–H and O–H groups in total. The van der Waals surface area contributed by atoms with Crippen LogP contribution in [0.4, 0.5) is 11.4 Å². The lowest BCUT2D eigenvalue weighted by Crippen LogP contribution is -2.12. The Morgan fingerprint density at radius 2 is 1.77 bits per heavy atom. The number of hydrogen-bond acceptors (Lipinski definition) is 4. The molecule has 2 aromatic rings. The summed E-state index contributed by atoms with van der Waals surface area (Å²) < 4.78 is 11.0. The number of nitrogen functional groups attached to an aromatic ring is 1. The Bertz CT molecular complexity index is 656. The first-order chi connectivity index (χ1) is 10.6. The fourth-order valence-electron chi connectivity index (χ4n) is 2.01. The van der Waals surface area contributed by atoms with Gasteiger partial charge in [-0.25, -0.2) is 0 Å². The summed E-state index contributed by atoms with van der Waals surface area (Å²) >= 11 is 0. The first-order valence-electron chi connectivity index (χ1n) is 7.20. The quantitative estimate of drug-likeness (QED) is 0.803. The number of amides is 1. The molecule has 0 bridgehead atoms. The van der Waals surface area contributed by atoms with Gasteiger partial charge in [-0.05, 0) is 44.2 Å². The van der Waals surface area contributed by atoms with Gasteiger partial charge in [-0.2, -0.15) is 0 Å². The van der Waals surface area contributed by atoms with Crippen LogP contribution in [0.15, 0.2) is 42.5 Å². The van der Waals surface area contributed by atoms with Crippen LogP contribution in [0.2, 0.25) is 0 Å². The minimum absolute atomic E-state index is 0.223. The molecule has 0 aliphatic heterocycles. The maximum absolute atomic E-state index is 12.2. The van der Waals surface area contributed by atoms with Gasteiger partial charge in [-0.3, -0.25) is 4.79 Å². The molecule has 0 radical (unpaired) electrons. The predicted octanol–water partition coefficient (Wildman–Crippen LogP) is 3.32. The van der Waals surface area contributed by atoms with Crippen molar-refractivity contribution in [3.05, 3.63) is 48.0 Å². The molecule has 0 fully saturated rings. The zero-order chi connectivity index (χ0) is 15.9.